The number of benzene rings is 3. The first-order chi connectivity index (χ1) is 8.18. The molecule has 0 aromatic heterocycles. The van der Waals surface area contributed by atoms with Gasteiger partial charge >= 0.3 is 0 Å². The lowest BCUT2D eigenvalue weighted by Crippen LogP contribution is -1.91. The Morgan fingerprint density at radius 1 is 0.941 bits per heavy atom. The van der Waals surface area contributed by atoms with Crippen LogP contribution in [0.5, 0.6) is 0 Å². The van der Waals surface area contributed by atoms with Crippen molar-refractivity contribution < 1.29 is 13.2 Å². The van der Waals surface area contributed by atoms with Crippen molar-refractivity contribution in [2.45, 2.75) is 0 Å². The lowest BCUT2D eigenvalue weighted by atomic mass is 10.0. The number of hydrogen-bond acceptors (Lipinski definition) is 0. The van der Waals surface area contributed by atoms with E-state index in [-0.39, 0.29) is 10.8 Å². The fourth-order valence-electron chi connectivity index (χ4n) is 1.91. The predicted octanol–water partition coefficient (Wildman–Crippen LogP) is 4.01. The van der Waals surface area contributed by atoms with Gasteiger partial charge in [0.25, 0.3) is 0 Å². The van der Waals surface area contributed by atoms with E-state index in [0.29, 0.717) is 10.8 Å². The second kappa shape index (κ2) is 3.48. The molecule has 0 saturated heterocycles. The van der Waals surface area contributed by atoms with Crippen molar-refractivity contribution in [3.63, 3.8) is 0 Å². The lowest BCUT2D eigenvalue weighted by molar-refractivity contribution is 0.511. The summed E-state index contributed by atoms with van der Waals surface area (Å²) in [6.45, 7) is 0. The summed E-state index contributed by atoms with van der Waals surface area (Å²) in [6, 6.07) is 12.4. The molecule has 3 rings (SSSR count). The molecule has 82 valence electrons. The van der Waals surface area contributed by atoms with E-state index in [1.807, 2.05) is 0 Å². The molecule has 0 unspecified atom stereocenters. The first kappa shape index (κ1) is 10.1. The summed E-state index contributed by atoms with van der Waals surface area (Å²) >= 11 is 0. The van der Waals surface area contributed by atoms with E-state index in [1.165, 1.54) is 12.1 Å². The van der Waals surface area contributed by atoms with E-state index in [2.05, 4.69) is 12.1 Å². The van der Waals surface area contributed by atoms with Crippen LogP contribution in [0.4, 0.5) is 13.2 Å². The van der Waals surface area contributed by atoms with Gasteiger partial charge < -0.3 is 0 Å². The van der Waals surface area contributed by atoms with E-state index in [9.17, 15) is 13.2 Å². The van der Waals surface area contributed by atoms with Gasteiger partial charge in [-0.2, -0.15) is 0 Å². The smallest absolute Gasteiger partial charge is 0.170 e. The molecule has 0 N–H and O–H groups in total. The summed E-state index contributed by atoms with van der Waals surface area (Å²) in [5.74, 6) is -3.14. The summed E-state index contributed by atoms with van der Waals surface area (Å²) in [6.07, 6.45) is 0. The second-order valence-corrected chi connectivity index (χ2v) is 3.72. The largest absolute Gasteiger partial charge is 0.206 e. The quantitative estimate of drug-likeness (QED) is 0.512. The Balaban J connectivity index is 2.60. The molecule has 3 heteroatoms. The Hall–Kier alpha value is -2.03. The van der Waals surface area contributed by atoms with Gasteiger partial charge in [-0.1, -0.05) is 12.1 Å². The molecule has 2 radical (unpaired) electrons. The van der Waals surface area contributed by atoms with Crippen LogP contribution in [-0.4, -0.2) is 0 Å². The molecule has 0 heterocycles. The minimum atomic E-state index is -1.20. The zero-order valence-corrected chi connectivity index (χ0v) is 8.52. The average Bonchev–Trinajstić information content (AvgIpc) is 2.34. The Labute approximate surface area is 95.3 Å². The molecule has 0 atom stereocenters. The fourth-order valence-corrected chi connectivity index (χ4v) is 1.91. The molecule has 0 aliphatic carbocycles. The number of hydrogen-bond donors (Lipinski definition) is 0. The highest BCUT2D eigenvalue weighted by Crippen LogP contribution is 2.29. The normalized spacial score (nSPS) is 11.2. The van der Waals surface area contributed by atoms with Crippen LogP contribution < -0.4 is 0 Å². The van der Waals surface area contributed by atoms with Crippen LogP contribution >= 0.6 is 0 Å². The van der Waals surface area contributed by atoms with Crippen molar-refractivity contribution in [2.75, 3.05) is 0 Å². The van der Waals surface area contributed by atoms with Crippen LogP contribution in [0, 0.1) is 29.6 Å². The van der Waals surface area contributed by atoms with E-state index in [4.69, 9.17) is 0 Å². The summed E-state index contributed by atoms with van der Waals surface area (Å²) < 4.78 is 40.6. The van der Waals surface area contributed by atoms with Crippen LogP contribution in [-0.2, 0) is 0 Å². The predicted molar refractivity (Wildman–Crippen MR) is 59.0 cm³/mol. The third-order valence-corrected chi connectivity index (χ3v) is 2.72. The van der Waals surface area contributed by atoms with Crippen LogP contribution in [0.1, 0.15) is 0 Å². The van der Waals surface area contributed by atoms with Gasteiger partial charge in [0.15, 0.2) is 11.6 Å². The number of fused-ring (bicyclic) bond motifs is 2. The zero-order chi connectivity index (χ0) is 12.0. The summed E-state index contributed by atoms with van der Waals surface area (Å²) in [4.78, 5) is 0. The topological polar surface area (TPSA) is 0 Å². The molecular formula is C14H5F3. The van der Waals surface area contributed by atoms with Gasteiger partial charge in [0.05, 0.1) is 5.39 Å². The molecule has 0 bridgehead atoms. The minimum absolute atomic E-state index is 0.226. The van der Waals surface area contributed by atoms with Gasteiger partial charge in [-0.15, -0.1) is 0 Å². The van der Waals surface area contributed by atoms with Crippen LogP contribution in [0.2, 0.25) is 0 Å². The van der Waals surface area contributed by atoms with Gasteiger partial charge in [0.1, 0.15) is 5.82 Å². The Morgan fingerprint density at radius 2 is 1.76 bits per heavy atom. The Kier molecular flexibility index (Phi) is 2.08. The molecule has 0 aliphatic rings. The highest BCUT2D eigenvalue weighted by atomic mass is 19.2. The van der Waals surface area contributed by atoms with Gasteiger partial charge in [-0.3, -0.25) is 0 Å². The zero-order valence-electron chi connectivity index (χ0n) is 8.52. The third kappa shape index (κ3) is 1.39. The molecule has 0 nitrogen and oxygen atoms in total. The van der Waals surface area contributed by atoms with Crippen LogP contribution in [0.15, 0.2) is 30.3 Å². The average molecular weight is 230 g/mol. The van der Waals surface area contributed by atoms with Crippen molar-refractivity contribution >= 4 is 21.5 Å². The summed E-state index contributed by atoms with van der Waals surface area (Å²) in [5, 5.41) is 0.797. The van der Waals surface area contributed by atoms with Gasteiger partial charge in [-0.25, -0.2) is 13.2 Å². The minimum Gasteiger partial charge on any atom is -0.206 e. The van der Waals surface area contributed by atoms with E-state index < -0.39 is 17.5 Å². The molecule has 0 fully saturated rings. The molecule has 0 amide bonds. The molecule has 3 aromatic rings. The lowest BCUT2D eigenvalue weighted by Gasteiger charge is -2.05. The van der Waals surface area contributed by atoms with Crippen molar-refractivity contribution in [2.24, 2.45) is 0 Å². The summed E-state index contributed by atoms with van der Waals surface area (Å²) in [5.41, 5.74) is 0. The standard InChI is InChI=1S/C14H5F3/c15-11-6-5-9-7-8-3-1-2-4-10(8)13(16)12(9)14(11)17/h1,3-5,7H. The highest BCUT2D eigenvalue weighted by Gasteiger charge is 2.14. The SMILES string of the molecule is Fc1[c]cc2cc3cc[c]cc3c(F)c2c1F. The van der Waals surface area contributed by atoms with Crippen molar-refractivity contribution in [1.29, 1.82) is 0 Å². The van der Waals surface area contributed by atoms with E-state index in [0.717, 1.165) is 0 Å². The maximum absolute atomic E-state index is 14.1. The second-order valence-electron chi connectivity index (χ2n) is 3.72. The van der Waals surface area contributed by atoms with Crippen molar-refractivity contribution in [3.8, 4) is 0 Å². The van der Waals surface area contributed by atoms with Crippen molar-refractivity contribution in [1.82, 2.24) is 0 Å². The molecule has 0 saturated carbocycles. The highest BCUT2D eigenvalue weighted by molar-refractivity contribution is 5.99. The summed E-state index contributed by atoms with van der Waals surface area (Å²) in [7, 11) is 0. The molecule has 0 aliphatic heterocycles. The van der Waals surface area contributed by atoms with Crippen LogP contribution in [0.25, 0.3) is 21.5 Å². The molecule has 0 spiro atoms. The fraction of sp³-hybridized carbons (Fsp3) is 0. The van der Waals surface area contributed by atoms with Crippen LogP contribution in [0.3, 0.4) is 0 Å². The first-order valence-electron chi connectivity index (χ1n) is 4.96. The number of halogens is 3. The van der Waals surface area contributed by atoms with Gasteiger partial charge in [0, 0.05) is 11.5 Å². The third-order valence-electron chi connectivity index (χ3n) is 2.72. The molecule has 3 aromatic carbocycles. The van der Waals surface area contributed by atoms with Crippen molar-refractivity contribution in [3.05, 3.63) is 59.9 Å². The molecular weight excluding hydrogens is 225 g/mol. The van der Waals surface area contributed by atoms with E-state index >= 15 is 0 Å². The first-order valence-corrected chi connectivity index (χ1v) is 4.96. The number of rotatable bonds is 0. The Morgan fingerprint density at radius 3 is 2.59 bits per heavy atom. The molecule has 17 heavy (non-hydrogen) atoms. The maximum atomic E-state index is 14.1. The maximum Gasteiger partial charge on any atom is 0.170 e. The Bertz CT molecular complexity index is 732. The van der Waals surface area contributed by atoms with Gasteiger partial charge in [0.2, 0.25) is 0 Å². The monoisotopic (exact) mass is 230 g/mol. The van der Waals surface area contributed by atoms with Gasteiger partial charge in [-0.05, 0) is 35.0 Å². The van der Waals surface area contributed by atoms with E-state index in [1.54, 1.807) is 18.2 Å².